The zero-order valence-electron chi connectivity index (χ0n) is 12.5. The summed E-state index contributed by atoms with van der Waals surface area (Å²) in [5.41, 5.74) is 2.41. The highest BCUT2D eigenvalue weighted by Crippen LogP contribution is 2.15. The number of hydrogen-bond acceptors (Lipinski definition) is 4. The average molecular weight is 301 g/mol. The molecule has 1 heterocycles. The molecule has 0 aliphatic heterocycles. The molecule has 1 amide bonds. The predicted octanol–water partition coefficient (Wildman–Crippen LogP) is 3.25. The van der Waals surface area contributed by atoms with Crippen molar-refractivity contribution in [2.24, 2.45) is 0 Å². The smallest absolute Gasteiger partial charge is 0.255 e. The number of aryl methyl sites for hydroxylation is 1. The Labute approximate surface area is 129 Å². The topological polar surface area (TPSA) is 54.9 Å². The summed E-state index contributed by atoms with van der Waals surface area (Å²) in [6.07, 6.45) is 4.25. The fourth-order valence-corrected chi connectivity index (χ4v) is 2.42. The zero-order chi connectivity index (χ0) is 15.2. The van der Waals surface area contributed by atoms with Crippen molar-refractivity contribution < 1.29 is 4.79 Å². The molecule has 1 aromatic carbocycles. The molecule has 21 heavy (non-hydrogen) atoms. The fourth-order valence-electron chi connectivity index (χ4n) is 2.06. The summed E-state index contributed by atoms with van der Waals surface area (Å²) in [7, 11) is 0. The van der Waals surface area contributed by atoms with Crippen LogP contribution in [0.3, 0.4) is 0 Å². The lowest BCUT2D eigenvalue weighted by Crippen LogP contribution is -2.28. The van der Waals surface area contributed by atoms with Gasteiger partial charge in [0.15, 0.2) is 5.16 Å². The van der Waals surface area contributed by atoms with E-state index in [1.54, 1.807) is 6.20 Å². The molecule has 0 spiro atoms. The number of carbonyl (C=O) groups is 1. The Bertz CT molecular complexity index is 616. The molecular formula is C16H19N3OS. The van der Waals surface area contributed by atoms with E-state index in [1.807, 2.05) is 50.4 Å². The second-order valence-electron chi connectivity index (χ2n) is 4.68. The van der Waals surface area contributed by atoms with Gasteiger partial charge in [0.2, 0.25) is 0 Å². The third kappa shape index (κ3) is 3.82. The highest BCUT2D eigenvalue weighted by Gasteiger charge is 2.16. The SMILES string of the molecule is CCc1nc(SC)ncc1C(=O)NC(C)c1ccccc1. The summed E-state index contributed by atoms with van der Waals surface area (Å²) in [6.45, 7) is 3.96. The average Bonchev–Trinajstić information content (AvgIpc) is 2.54. The van der Waals surface area contributed by atoms with Crippen LogP contribution in [0.2, 0.25) is 0 Å². The van der Waals surface area contributed by atoms with Crippen LogP contribution in [0.4, 0.5) is 0 Å². The maximum Gasteiger partial charge on any atom is 0.255 e. The van der Waals surface area contributed by atoms with Gasteiger partial charge in [-0.05, 0) is 25.2 Å². The number of thioether (sulfide) groups is 1. The van der Waals surface area contributed by atoms with Crippen LogP contribution in [0, 0.1) is 0 Å². The van der Waals surface area contributed by atoms with Gasteiger partial charge in [0, 0.05) is 6.20 Å². The molecule has 0 aliphatic carbocycles. The van der Waals surface area contributed by atoms with Crippen molar-refractivity contribution in [2.75, 3.05) is 6.26 Å². The van der Waals surface area contributed by atoms with Gasteiger partial charge in [-0.15, -0.1) is 0 Å². The van der Waals surface area contributed by atoms with Crippen LogP contribution in [-0.4, -0.2) is 22.1 Å². The molecule has 1 aromatic heterocycles. The van der Waals surface area contributed by atoms with Crippen molar-refractivity contribution in [3.8, 4) is 0 Å². The zero-order valence-corrected chi connectivity index (χ0v) is 13.3. The Kier molecular flexibility index (Phi) is 5.33. The summed E-state index contributed by atoms with van der Waals surface area (Å²) < 4.78 is 0. The maximum absolute atomic E-state index is 12.4. The maximum atomic E-state index is 12.4. The summed E-state index contributed by atoms with van der Waals surface area (Å²) in [6, 6.07) is 9.83. The first kappa shape index (κ1) is 15.5. The molecule has 1 unspecified atom stereocenters. The molecule has 5 heteroatoms. The molecule has 2 aromatic rings. The van der Waals surface area contributed by atoms with Gasteiger partial charge in [0.25, 0.3) is 5.91 Å². The second kappa shape index (κ2) is 7.22. The number of rotatable bonds is 5. The number of aromatic nitrogens is 2. The molecular weight excluding hydrogens is 282 g/mol. The van der Waals surface area contributed by atoms with Crippen LogP contribution in [0.15, 0.2) is 41.7 Å². The number of amides is 1. The molecule has 0 saturated heterocycles. The van der Waals surface area contributed by atoms with Gasteiger partial charge >= 0.3 is 0 Å². The monoisotopic (exact) mass is 301 g/mol. The third-order valence-electron chi connectivity index (χ3n) is 3.25. The van der Waals surface area contributed by atoms with Crippen LogP contribution in [0.25, 0.3) is 0 Å². The highest BCUT2D eigenvalue weighted by molar-refractivity contribution is 7.98. The minimum absolute atomic E-state index is 0.0522. The van der Waals surface area contributed by atoms with Crippen molar-refractivity contribution in [3.63, 3.8) is 0 Å². The second-order valence-corrected chi connectivity index (χ2v) is 5.45. The fraction of sp³-hybridized carbons (Fsp3) is 0.312. The number of benzene rings is 1. The molecule has 110 valence electrons. The minimum atomic E-state index is -0.129. The Balaban J connectivity index is 2.17. The van der Waals surface area contributed by atoms with Gasteiger partial charge in [-0.2, -0.15) is 0 Å². The molecule has 0 saturated carbocycles. The summed E-state index contributed by atoms with van der Waals surface area (Å²) in [4.78, 5) is 21.0. The largest absolute Gasteiger partial charge is 0.345 e. The lowest BCUT2D eigenvalue weighted by molar-refractivity contribution is 0.0938. The Morgan fingerprint density at radius 1 is 1.33 bits per heavy atom. The van der Waals surface area contributed by atoms with Gasteiger partial charge in [-0.1, -0.05) is 49.0 Å². The van der Waals surface area contributed by atoms with Crippen molar-refractivity contribution in [2.45, 2.75) is 31.5 Å². The molecule has 0 aliphatic rings. The van der Waals surface area contributed by atoms with Crippen LogP contribution < -0.4 is 5.32 Å². The molecule has 1 N–H and O–H groups in total. The first-order chi connectivity index (χ1) is 10.2. The first-order valence-corrected chi connectivity index (χ1v) is 8.13. The van der Waals surface area contributed by atoms with E-state index in [2.05, 4.69) is 15.3 Å². The van der Waals surface area contributed by atoms with E-state index in [4.69, 9.17) is 0 Å². The predicted molar refractivity (Wildman–Crippen MR) is 85.5 cm³/mol. The quantitative estimate of drug-likeness (QED) is 0.680. The normalized spacial score (nSPS) is 12.0. The van der Waals surface area contributed by atoms with Gasteiger partial charge in [0.1, 0.15) is 0 Å². The van der Waals surface area contributed by atoms with E-state index in [9.17, 15) is 4.79 Å². The van der Waals surface area contributed by atoms with E-state index in [0.717, 1.165) is 11.3 Å². The van der Waals surface area contributed by atoms with Crippen LogP contribution in [0.1, 0.15) is 41.5 Å². The molecule has 4 nitrogen and oxygen atoms in total. The van der Waals surface area contributed by atoms with Gasteiger partial charge in [-0.3, -0.25) is 4.79 Å². The Morgan fingerprint density at radius 3 is 2.67 bits per heavy atom. The number of hydrogen-bond donors (Lipinski definition) is 1. The van der Waals surface area contributed by atoms with Crippen LogP contribution >= 0.6 is 11.8 Å². The van der Waals surface area contributed by atoms with Gasteiger partial charge in [0.05, 0.1) is 17.3 Å². The standard InChI is InChI=1S/C16H19N3OS/c1-4-14-13(10-17-16(19-14)21-3)15(20)18-11(2)12-8-6-5-7-9-12/h5-11H,4H2,1-3H3,(H,18,20). The van der Waals surface area contributed by atoms with Gasteiger partial charge in [-0.25, -0.2) is 9.97 Å². The van der Waals surface area contributed by atoms with E-state index in [0.29, 0.717) is 17.1 Å². The van der Waals surface area contributed by atoms with Crippen molar-refractivity contribution in [1.82, 2.24) is 15.3 Å². The van der Waals surface area contributed by atoms with Crippen molar-refractivity contribution in [3.05, 3.63) is 53.3 Å². The number of carbonyl (C=O) groups excluding carboxylic acids is 1. The van der Waals surface area contributed by atoms with E-state index < -0.39 is 0 Å². The third-order valence-corrected chi connectivity index (χ3v) is 3.82. The molecule has 0 bridgehead atoms. The first-order valence-electron chi connectivity index (χ1n) is 6.91. The van der Waals surface area contributed by atoms with E-state index >= 15 is 0 Å². The van der Waals surface area contributed by atoms with E-state index in [1.165, 1.54) is 11.8 Å². The molecule has 2 rings (SSSR count). The molecule has 1 atom stereocenters. The number of nitrogens with zero attached hydrogens (tertiary/aromatic N) is 2. The minimum Gasteiger partial charge on any atom is -0.345 e. The lowest BCUT2D eigenvalue weighted by atomic mass is 10.1. The lowest BCUT2D eigenvalue weighted by Gasteiger charge is -2.15. The highest BCUT2D eigenvalue weighted by atomic mass is 32.2. The number of nitrogens with one attached hydrogen (secondary N) is 1. The summed E-state index contributed by atoms with van der Waals surface area (Å²) in [5.74, 6) is -0.129. The summed E-state index contributed by atoms with van der Waals surface area (Å²) >= 11 is 1.48. The van der Waals surface area contributed by atoms with E-state index in [-0.39, 0.29) is 11.9 Å². The van der Waals surface area contributed by atoms with Crippen LogP contribution in [-0.2, 0) is 6.42 Å². The summed E-state index contributed by atoms with van der Waals surface area (Å²) in [5, 5.41) is 3.69. The van der Waals surface area contributed by atoms with Gasteiger partial charge < -0.3 is 5.32 Å². The molecule has 0 fully saturated rings. The molecule has 0 radical (unpaired) electrons. The Morgan fingerprint density at radius 2 is 2.05 bits per heavy atom. The van der Waals surface area contributed by atoms with Crippen molar-refractivity contribution >= 4 is 17.7 Å². The Hall–Kier alpha value is -1.88. The van der Waals surface area contributed by atoms with Crippen LogP contribution in [0.5, 0.6) is 0 Å². The van der Waals surface area contributed by atoms with Crippen molar-refractivity contribution in [1.29, 1.82) is 0 Å².